The fourth-order valence-electron chi connectivity index (χ4n) is 0.840. The van der Waals surface area contributed by atoms with Gasteiger partial charge in [-0.05, 0) is 0 Å². The van der Waals surface area contributed by atoms with Crippen LogP contribution in [-0.2, 0) is 0 Å². The van der Waals surface area contributed by atoms with Crippen LogP contribution < -0.4 is 0 Å². The van der Waals surface area contributed by atoms with E-state index < -0.39 is 0 Å². The molecule has 1 rings (SSSR count). The maximum atomic E-state index is 3.18. The third-order valence-corrected chi connectivity index (χ3v) is 2.64. The van der Waals surface area contributed by atoms with E-state index >= 15 is 0 Å². The molecule has 1 aromatic carbocycles. The van der Waals surface area contributed by atoms with Crippen LogP contribution in [0, 0.1) is 16.7 Å². The van der Waals surface area contributed by atoms with Crippen LogP contribution in [0.1, 0.15) is 19.4 Å². The van der Waals surface area contributed by atoms with Gasteiger partial charge >= 0.3 is 92.4 Å². The van der Waals surface area contributed by atoms with E-state index in [4.69, 9.17) is 0 Å². The minimum absolute atomic E-state index is 0.320. The van der Waals surface area contributed by atoms with Gasteiger partial charge in [-0.2, -0.15) is 0 Å². The first-order chi connectivity index (χ1) is 6.79. The van der Waals surface area contributed by atoms with Crippen LogP contribution in [0.5, 0.6) is 0 Å². The van der Waals surface area contributed by atoms with Gasteiger partial charge in [0.15, 0.2) is 0 Å². The fourth-order valence-corrected chi connectivity index (χ4v) is 2.18. The van der Waals surface area contributed by atoms with E-state index in [0.717, 1.165) is 5.56 Å². The molecule has 0 radical (unpaired) electrons. The van der Waals surface area contributed by atoms with Crippen molar-refractivity contribution < 1.29 is 0 Å². The predicted molar refractivity (Wildman–Crippen MR) is 63.1 cm³/mol. The first-order valence-corrected chi connectivity index (χ1v) is 6.52. The summed E-state index contributed by atoms with van der Waals surface area (Å²) in [4.78, 5) is 5.37. The molecule has 0 N–H and O–H groups in total. The molecule has 14 heavy (non-hydrogen) atoms. The average molecular weight is 249 g/mol. The Hall–Kier alpha value is -0.961. The van der Waals surface area contributed by atoms with Gasteiger partial charge in [-0.25, -0.2) is 0 Å². The third kappa shape index (κ3) is 4.92. The number of rotatable bonds is 2. The monoisotopic (exact) mass is 250 g/mol. The van der Waals surface area contributed by atoms with Gasteiger partial charge in [-0.3, -0.25) is 0 Å². The molecule has 0 heterocycles. The Kier molecular flexibility index (Phi) is 5.15. The first-order valence-electron chi connectivity index (χ1n) is 4.67. The quantitative estimate of drug-likeness (QED) is 0.558. The summed E-state index contributed by atoms with van der Waals surface area (Å²) in [6.45, 7) is 4.36. The normalized spacial score (nSPS) is 10.2. The molecule has 0 aliphatic rings. The molecule has 1 heteroatoms. The van der Waals surface area contributed by atoms with Crippen LogP contribution in [0.3, 0.4) is 0 Å². The molecule has 1 aromatic rings. The summed E-state index contributed by atoms with van der Waals surface area (Å²) in [5.41, 5.74) is 1.10. The van der Waals surface area contributed by atoms with Crippen molar-refractivity contribution in [3.8, 4) is 10.7 Å². The van der Waals surface area contributed by atoms with Gasteiger partial charge in [-0.1, -0.05) is 0 Å². The molecule has 0 spiro atoms. The zero-order valence-electron chi connectivity index (χ0n) is 8.53. The number of allylic oxidation sites excluding steroid dienone is 1. The van der Waals surface area contributed by atoms with Crippen molar-refractivity contribution in [1.29, 1.82) is 0 Å². The van der Waals surface area contributed by atoms with Crippen molar-refractivity contribution in [3.63, 3.8) is 0 Å². The molecular formula is C13H14Se. The van der Waals surface area contributed by atoms with E-state index in [2.05, 4.69) is 35.6 Å². The minimum atomic E-state index is 0.320. The molecule has 0 saturated carbocycles. The number of benzene rings is 1. The van der Waals surface area contributed by atoms with E-state index in [-0.39, 0.29) is 0 Å². The van der Waals surface area contributed by atoms with Crippen LogP contribution in [0.25, 0.3) is 0 Å². The third-order valence-electron chi connectivity index (χ3n) is 1.56. The summed E-state index contributed by atoms with van der Waals surface area (Å²) in [6, 6.07) is 10.1. The summed E-state index contributed by atoms with van der Waals surface area (Å²) in [5, 5.41) is 0. The van der Waals surface area contributed by atoms with E-state index in [1.54, 1.807) is 0 Å². The van der Waals surface area contributed by atoms with Gasteiger partial charge in [0.1, 0.15) is 0 Å². The maximum absolute atomic E-state index is 3.18. The topological polar surface area (TPSA) is 0 Å². The van der Waals surface area contributed by atoms with Crippen molar-refractivity contribution >= 4 is 15.0 Å². The van der Waals surface area contributed by atoms with Crippen LogP contribution in [0.4, 0.5) is 0 Å². The number of hydrogen-bond donors (Lipinski definition) is 0. The molecule has 0 saturated heterocycles. The molecule has 0 nitrogen and oxygen atoms in total. The first kappa shape index (κ1) is 11.1. The molecule has 0 aliphatic heterocycles. The van der Waals surface area contributed by atoms with Crippen molar-refractivity contribution in [2.24, 2.45) is 5.92 Å². The van der Waals surface area contributed by atoms with Crippen molar-refractivity contribution in [2.75, 3.05) is 0 Å². The van der Waals surface area contributed by atoms with Crippen LogP contribution in [0.15, 0.2) is 41.4 Å². The van der Waals surface area contributed by atoms with Gasteiger partial charge in [0, 0.05) is 0 Å². The summed E-state index contributed by atoms with van der Waals surface area (Å²) >= 11 is 0.320. The summed E-state index contributed by atoms with van der Waals surface area (Å²) < 4.78 is 0. The molecular weight excluding hydrogens is 235 g/mol. The van der Waals surface area contributed by atoms with Gasteiger partial charge in [-0.15, -0.1) is 0 Å². The Bertz CT molecular complexity index is 338. The van der Waals surface area contributed by atoms with E-state index in [0.29, 0.717) is 20.9 Å². The molecule has 0 unspecified atom stereocenters. The second kappa shape index (κ2) is 6.49. The Morgan fingerprint density at radius 2 is 1.93 bits per heavy atom. The van der Waals surface area contributed by atoms with E-state index in [1.807, 2.05) is 30.3 Å². The van der Waals surface area contributed by atoms with Crippen LogP contribution in [-0.4, -0.2) is 15.0 Å². The van der Waals surface area contributed by atoms with Gasteiger partial charge in [0.2, 0.25) is 0 Å². The van der Waals surface area contributed by atoms with E-state index in [1.165, 1.54) is 0 Å². The summed E-state index contributed by atoms with van der Waals surface area (Å²) in [7, 11) is 0. The second-order valence-electron chi connectivity index (χ2n) is 3.28. The zero-order valence-corrected chi connectivity index (χ0v) is 10.2. The standard InChI is InChI=1S/C13H14Se/c1-12(2)8-10-14-11-9-13-6-4-3-5-7-13/h3-8,10,12H,1-2H3/b10-8+. The van der Waals surface area contributed by atoms with E-state index in [9.17, 15) is 0 Å². The molecule has 0 fully saturated rings. The van der Waals surface area contributed by atoms with Gasteiger partial charge in [0.25, 0.3) is 0 Å². The Morgan fingerprint density at radius 3 is 2.57 bits per heavy atom. The van der Waals surface area contributed by atoms with Crippen LogP contribution in [0.2, 0.25) is 0 Å². The molecule has 0 atom stereocenters. The summed E-state index contributed by atoms with van der Waals surface area (Å²) in [6.07, 6.45) is 2.21. The van der Waals surface area contributed by atoms with Crippen molar-refractivity contribution in [3.05, 3.63) is 46.9 Å². The molecule has 0 amide bonds. The molecule has 72 valence electrons. The molecule has 0 bridgehead atoms. The SMILES string of the molecule is CC(C)/C=C/[Se]C#Cc1ccccc1. The molecule has 0 aliphatic carbocycles. The van der Waals surface area contributed by atoms with Crippen molar-refractivity contribution in [1.82, 2.24) is 0 Å². The Morgan fingerprint density at radius 1 is 1.21 bits per heavy atom. The zero-order chi connectivity index (χ0) is 10.2. The Labute approximate surface area is 92.6 Å². The Balaban J connectivity index is 2.42. The summed E-state index contributed by atoms with van der Waals surface area (Å²) in [5.74, 6) is 3.78. The van der Waals surface area contributed by atoms with Gasteiger partial charge < -0.3 is 0 Å². The average Bonchev–Trinajstić information content (AvgIpc) is 2.18. The predicted octanol–water partition coefficient (Wildman–Crippen LogP) is 2.87. The molecule has 0 aromatic heterocycles. The van der Waals surface area contributed by atoms with Gasteiger partial charge in [0.05, 0.1) is 0 Å². The second-order valence-corrected chi connectivity index (χ2v) is 4.78. The fraction of sp³-hybridized carbons (Fsp3) is 0.231. The van der Waals surface area contributed by atoms with Crippen molar-refractivity contribution in [2.45, 2.75) is 13.8 Å². The van der Waals surface area contributed by atoms with Crippen LogP contribution >= 0.6 is 0 Å². The number of hydrogen-bond acceptors (Lipinski definition) is 0.